The number of carbonyl (C=O) groups is 1. The van der Waals surface area contributed by atoms with Crippen LogP contribution < -0.4 is 0 Å². The molecule has 0 saturated carbocycles. The van der Waals surface area contributed by atoms with E-state index in [2.05, 4.69) is 15.0 Å². The van der Waals surface area contributed by atoms with E-state index in [4.69, 9.17) is 5.11 Å². The van der Waals surface area contributed by atoms with Crippen molar-refractivity contribution in [1.29, 1.82) is 0 Å². The molecule has 0 spiro atoms. The SMILES string of the molecule is O=C(O)Cc1ccc(-n2cnc3cc(-c4cncnc4)ccc32)cc1.[LiH]. The van der Waals surface area contributed by atoms with Gasteiger partial charge in [0.2, 0.25) is 0 Å². The summed E-state index contributed by atoms with van der Waals surface area (Å²) in [6, 6.07) is 13.5. The van der Waals surface area contributed by atoms with Crippen LogP contribution in [0.25, 0.3) is 27.8 Å². The zero-order chi connectivity index (χ0) is 17.2. The second-order valence-electron chi connectivity index (χ2n) is 5.68. The van der Waals surface area contributed by atoms with E-state index in [1.165, 1.54) is 6.33 Å². The second kappa shape index (κ2) is 7.52. The van der Waals surface area contributed by atoms with Gasteiger partial charge in [-0.15, -0.1) is 0 Å². The molecule has 0 amide bonds. The van der Waals surface area contributed by atoms with Crippen LogP contribution in [0.3, 0.4) is 0 Å². The van der Waals surface area contributed by atoms with Gasteiger partial charge >= 0.3 is 24.8 Å². The number of hydrogen-bond donors (Lipinski definition) is 1. The summed E-state index contributed by atoms with van der Waals surface area (Å²) in [6.45, 7) is 0. The Kier molecular flexibility index (Phi) is 5.17. The number of benzene rings is 2. The predicted molar refractivity (Wildman–Crippen MR) is 101 cm³/mol. The molecule has 124 valence electrons. The molecule has 6 nitrogen and oxygen atoms in total. The second-order valence-corrected chi connectivity index (χ2v) is 5.68. The topological polar surface area (TPSA) is 80.9 Å². The van der Waals surface area contributed by atoms with E-state index in [9.17, 15) is 4.79 Å². The van der Waals surface area contributed by atoms with Crippen LogP contribution in [0, 0.1) is 0 Å². The first kappa shape index (κ1) is 17.9. The summed E-state index contributed by atoms with van der Waals surface area (Å²) in [7, 11) is 0. The minimum absolute atomic E-state index is 0. The van der Waals surface area contributed by atoms with Crippen LogP contribution in [0.1, 0.15) is 5.56 Å². The van der Waals surface area contributed by atoms with Crippen molar-refractivity contribution in [2.75, 3.05) is 0 Å². The van der Waals surface area contributed by atoms with Crippen LogP contribution in [0.4, 0.5) is 0 Å². The van der Waals surface area contributed by atoms with Crippen LogP contribution in [0.15, 0.2) is 67.5 Å². The molecule has 4 rings (SSSR count). The number of nitrogens with zero attached hydrogens (tertiary/aromatic N) is 4. The summed E-state index contributed by atoms with van der Waals surface area (Å²) >= 11 is 0. The van der Waals surface area contributed by atoms with Crippen LogP contribution in [0.2, 0.25) is 0 Å². The summed E-state index contributed by atoms with van der Waals surface area (Å²) in [4.78, 5) is 23.4. The van der Waals surface area contributed by atoms with E-state index in [0.29, 0.717) is 0 Å². The fraction of sp³-hybridized carbons (Fsp3) is 0.0526. The number of aliphatic carboxylic acids is 1. The molecule has 0 unspecified atom stereocenters. The number of carboxylic acid groups (broad SMARTS) is 1. The van der Waals surface area contributed by atoms with Crippen molar-refractivity contribution >= 4 is 35.9 Å². The summed E-state index contributed by atoms with van der Waals surface area (Å²) in [5, 5.41) is 8.86. The molecule has 7 heteroatoms. The Bertz CT molecular complexity index is 1050. The summed E-state index contributed by atoms with van der Waals surface area (Å²) < 4.78 is 1.98. The monoisotopic (exact) mass is 338 g/mol. The Morgan fingerprint density at radius 1 is 1.00 bits per heavy atom. The van der Waals surface area contributed by atoms with Crippen LogP contribution in [-0.4, -0.2) is 49.5 Å². The Hall–Kier alpha value is -2.94. The first-order chi connectivity index (χ1) is 12.2. The molecule has 2 aromatic heterocycles. The van der Waals surface area contributed by atoms with Crippen LogP contribution in [0.5, 0.6) is 0 Å². The van der Waals surface area contributed by atoms with E-state index < -0.39 is 5.97 Å². The predicted octanol–water partition coefficient (Wildman–Crippen LogP) is 2.46. The molecule has 0 aliphatic carbocycles. The van der Waals surface area contributed by atoms with Gasteiger partial charge in [0, 0.05) is 23.6 Å². The molecule has 0 aliphatic rings. The first-order valence-corrected chi connectivity index (χ1v) is 7.74. The van der Waals surface area contributed by atoms with Gasteiger partial charge in [-0.3, -0.25) is 9.36 Å². The van der Waals surface area contributed by atoms with Gasteiger partial charge in [0.05, 0.1) is 17.5 Å². The summed E-state index contributed by atoms with van der Waals surface area (Å²) in [6.07, 6.45) is 6.83. The summed E-state index contributed by atoms with van der Waals surface area (Å²) in [5.74, 6) is -0.835. The average molecular weight is 338 g/mol. The van der Waals surface area contributed by atoms with Crippen LogP contribution >= 0.6 is 0 Å². The van der Waals surface area contributed by atoms with E-state index in [1.54, 1.807) is 18.7 Å². The van der Waals surface area contributed by atoms with E-state index in [-0.39, 0.29) is 25.3 Å². The van der Waals surface area contributed by atoms with Gasteiger partial charge in [-0.05, 0) is 35.4 Å². The van der Waals surface area contributed by atoms with E-state index >= 15 is 0 Å². The molecular weight excluding hydrogens is 323 g/mol. The van der Waals surface area contributed by atoms with Gasteiger partial charge < -0.3 is 5.11 Å². The number of fused-ring (bicyclic) bond motifs is 1. The molecule has 26 heavy (non-hydrogen) atoms. The Morgan fingerprint density at radius 2 is 1.73 bits per heavy atom. The fourth-order valence-electron chi connectivity index (χ4n) is 2.80. The summed E-state index contributed by atoms with van der Waals surface area (Å²) in [5.41, 5.74) is 5.51. The number of aromatic nitrogens is 4. The Morgan fingerprint density at radius 3 is 2.42 bits per heavy atom. The molecule has 0 bridgehead atoms. The molecular formula is C19H15LiN4O2. The molecule has 2 heterocycles. The molecule has 0 radical (unpaired) electrons. The normalized spacial score (nSPS) is 10.5. The van der Waals surface area contributed by atoms with Crippen molar-refractivity contribution < 1.29 is 9.90 Å². The van der Waals surface area contributed by atoms with Crippen molar-refractivity contribution in [3.8, 4) is 16.8 Å². The molecule has 0 aliphatic heterocycles. The number of rotatable bonds is 4. The average Bonchev–Trinajstić information content (AvgIpc) is 3.06. The zero-order valence-corrected chi connectivity index (χ0v) is 13.2. The Labute approximate surface area is 161 Å². The van der Waals surface area contributed by atoms with Gasteiger partial charge in [-0.2, -0.15) is 0 Å². The maximum absolute atomic E-state index is 10.8. The van der Waals surface area contributed by atoms with Gasteiger partial charge in [0.25, 0.3) is 0 Å². The molecule has 0 saturated heterocycles. The number of imidazole rings is 1. The van der Waals surface area contributed by atoms with Gasteiger partial charge in [0.1, 0.15) is 12.7 Å². The molecule has 4 aromatic rings. The third kappa shape index (κ3) is 3.52. The molecule has 2 aromatic carbocycles. The fourth-order valence-corrected chi connectivity index (χ4v) is 2.80. The minimum atomic E-state index is -0.835. The molecule has 0 fully saturated rings. The van der Waals surface area contributed by atoms with Gasteiger partial charge in [-0.25, -0.2) is 15.0 Å². The van der Waals surface area contributed by atoms with Crippen LogP contribution in [-0.2, 0) is 11.2 Å². The quantitative estimate of drug-likeness (QED) is 0.578. The third-order valence-corrected chi connectivity index (χ3v) is 4.01. The van der Waals surface area contributed by atoms with Gasteiger partial charge in [-0.1, -0.05) is 18.2 Å². The maximum atomic E-state index is 10.8. The van der Waals surface area contributed by atoms with Crippen molar-refractivity contribution in [1.82, 2.24) is 19.5 Å². The van der Waals surface area contributed by atoms with E-state index in [1.807, 2.05) is 47.0 Å². The molecule has 1 N–H and O–H groups in total. The van der Waals surface area contributed by atoms with Crippen molar-refractivity contribution in [3.63, 3.8) is 0 Å². The number of carboxylic acids is 1. The first-order valence-electron chi connectivity index (χ1n) is 7.74. The zero-order valence-electron chi connectivity index (χ0n) is 13.2. The van der Waals surface area contributed by atoms with Crippen molar-refractivity contribution in [2.24, 2.45) is 0 Å². The van der Waals surface area contributed by atoms with Crippen molar-refractivity contribution in [3.05, 3.63) is 73.1 Å². The van der Waals surface area contributed by atoms with Gasteiger partial charge in [0.15, 0.2) is 0 Å². The third-order valence-electron chi connectivity index (χ3n) is 4.01. The van der Waals surface area contributed by atoms with Crippen molar-refractivity contribution in [2.45, 2.75) is 6.42 Å². The standard InChI is InChI=1S/C19H14N4O2.Li.H/c24-19(25)7-13-1-4-16(5-2-13)23-12-22-17-8-14(3-6-18(17)23)15-9-20-11-21-10-15;;/h1-6,8-12H,7H2,(H,24,25);;. The molecule has 0 atom stereocenters. The number of hydrogen-bond acceptors (Lipinski definition) is 4. The Balaban J connectivity index is 0.00000196. The van der Waals surface area contributed by atoms with E-state index in [0.717, 1.165) is 33.4 Å².